The number of nitrogens with zero attached hydrogens (tertiary/aromatic N) is 1. The van der Waals surface area contributed by atoms with Gasteiger partial charge in [-0.2, -0.15) is 6.41 Å². The van der Waals surface area contributed by atoms with Crippen molar-refractivity contribution < 1.29 is 24.3 Å². The van der Waals surface area contributed by atoms with Crippen molar-refractivity contribution in [3.63, 3.8) is 0 Å². The molecule has 2 aromatic carbocycles. The molecule has 3 N–H and O–H groups in total. The van der Waals surface area contributed by atoms with Gasteiger partial charge in [0.1, 0.15) is 6.04 Å². The summed E-state index contributed by atoms with van der Waals surface area (Å²) in [7, 11) is 0. The van der Waals surface area contributed by atoms with Gasteiger partial charge in [-0.3, -0.25) is 14.4 Å². The largest absolute Gasteiger partial charge is 0.520 e. The predicted octanol–water partition coefficient (Wildman–Crippen LogP) is 2.75. The van der Waals surface area contributed by atoms with Crippen LogP contribution in [0.15, 0.2) is 48.5 Å². The molecule has 36 heavy (non-hydrogen) atoms. The van der Waals surface area contributed by atoms with Crippen LogP contribution < -0.4 is 15.5 Å². The average molecular weight is 734 g/mol. The number of carboxylic acid groups (broad SMARTS) is 1. The van der Waals surface area contributed by atoms with E-state index >= 15 is 0 Å². The third-order valence-corrected chi connectivity index (χ3v) is 5.25. The average Bonchev–Trinajstić information content (AvgIpc) is 2.86. The summed E-state index contributed by atoms with van der Waals surface area (Å²) in [5.41, 5.74) is 3.42. The SMILES string of the molecule is CC.O=[C-]NC(CNC(=O)CCCCC(=O)N1Cc2ccccc2C#Cc2ccccc21)C(=O)O.[Fm]. The van der Waals surface area contributed by atoms with Crippen LogP contribution in [0.2, 0.25) is 0 Å². The fourth-order valence-electron chi connectivity index (χ4n) is 3.48. The van der Waals surface area contributed by atoms with E-state index in [1.165, 1.54) is 6.41 Å². The molecular weight excluding hydrogens is 703 g/mol. The minimum atomic E-state index is -1.26. The summed E-state index contributed by atoms with van der Waals surface area (Å²) < 4.78 is 0. The molecule has 3 rings (SSSR count). The fourth-order valence-corrected chi connectivity index (χ4v) is 3.48. The minimum absolute atomic E-state index is 0. The van der Waals surface area contributed by atoms with E-state index in [1.807, 2.05) is 67.7 Å². The van der Waals surface area contributed by atoms with Crippen molar-refractivity contribution >= 4 is 29.9 Å². The molecule has 1 unspecified atom stereocenters. The van der Waals surface area contributed by atoms with Gasteiger partial charge in [0.05, 0.1) is 12.2 Å². The maximum absolute atomic E-state index is 13.1. The molecule has 0 fully saturated rings. The van der Waals surface area contributed by atoms with E-state index in [4.69, 9.17) is 5.11 Å². The number of fused-ring (bicyclic) bond motifs is 2. The number of benzene rings is 2. The van der Waals surface area contributed by atoms with Gasteiger partial charge in [-0.25, -0.2) is 0 Å². The Morgan fingerprint density at radius 2 is 1.61 bits per heavy atom. The molecule has 0 saturated carbocycles. The predicted molar refractivity (Wildman–Crippen MR) is 133 cm³/mol. The van der Waals surface area contributed by atoms with Crippen LogP contribution in [0.3, 0.4) is 0 Å². The first-order valence-corrected chi connectivity index (χ1v) is 11.6. The molecular formula is C27H30FmN3O5-. The van der Waals surface area contributed by atoms with Crippen molar-refractivity contribution in [2.45, 2.75) is 52.1 Å². The number of hydrogen-bond donors (Lipinski definition) is 3. The quantitative estimate of drug-likeness (QED) is 0.151. The standard InChI is InChI=1S/C25H24N3O5.C2H6.Fm/c29-17-27-21(25(32)33)15-26-23(30)11-5-6-12-24(31)28-16-20-9-2-1-7-18(20)13-14-19-8-3-4-10-22(19)28;1-2;/h1-4,7-10,21H,5-6,11-12,15-16H2,(H,26,30)(H,27,29)(H,32,33);1-2H3;/q-1;;. The monoisotopic (exact) mass is 733 g/mol. The van der Waals surface area contributed by atoms with Gasteiger partial charge in [-0.1, -0.05) is 56.0 Å². The van der Waals surface area contributed by atoms with Crippen LogP contribution in [-0.4, -0.2) is 41.9 Å². The zero-order valence-electron chi connectivity index (χ0n) is 20.3. The number of carbonyl (C=O) groups excluding carboxylic acids is 3. The molecule has 1 heterocycles. The molecule has 9 heteroatoms. The number of aliphatic carboxylic acids is 1. The van der Waals surface area contributed by atoms with E-state index in [9.17, 15) is 19.2 Å². The molecule has 0 bridgehead atoms. The van der Waals surface area contributed by atoms with E-state index in [0.717, 1.165) is 22.4 Å². The maximum atomic E-state index is 13.1. The Morgan fingerprint density at radius 3 is 2.31 bits per heavy atom. The topological polar surface area (TPSA) is 116 Å². The molecule has 0 saturated heterocycles. The summed E-state index contributed by atoms with van der Waals surface area (Å²) >= 11 is 0. The zero-order valence-corrected chi connectivity index (χ0v) is 22.7. The van der Waals surface area contributed by atoms with Gasteiger partial charge in [0, 0.05) is 30.5 Å². The second kappa shape index (κ2) is 14.9. The normalized spacial score (nSPS) is 11.7. The number of anilines is 1. The molecule has 0 aliphatic carbocycles. The zero-order chi connectivity index (χ0) is 25.6. The van der Waals surface area contributed by atoms with Gasteiger partial charge >= 0.3 is 5.97 Å². The number of nitrogens with one attached hydrogen (secondary N) is 2. The Hall–Kier alpha value is -5.12. The first kappa shape index (κ1) is 28.9. The number of unbranched alkanes of at least 4 members (excludes halogenated alkanes) is 1. The van der Waals surface area contributed by atoms with E-state index in [0.29, 0.717) is 19.4 Å². The van der Waals surface area contributed by atoms with Gasteiger partial charge in [-0.05, 0) is 36.6 Å². The first-order valence-electron chi connectivity index (χ1n) is 11.6. The van der Waals surface area contributed by atoms with Gasteiger partial charge in [-0.15, -0.1) is 0 Å². The van der Waals surface area contributed by atoms with Gasteiger partial charge in [0.2, 0.25) is 11.8 Å². The third-order valence-electron chi connectivity index (χ3n) is 5.25. The number of para-hydroxylation sites is 1. The molecule has 1 atom stereocenters. The van der Waals surface area contributed by atoms with Crippen molar-refractivity contribution in [1.82, 2.24) is 10.6 Å². The van der Waals surface area contributed by atoms with Crippen molar-refractivity contribution in [2.24, 2.45) is 0 Å². The summed E-state index contributed by atoms with van der Waals surface area (Å²) in [6.07, 6.45) is 2.68. The first-order chi connectivity index (χ1) is 17.0. The molecule has 1 aliphatic rings. The van der Waals surface area contributed by atoms with E-state index < -0.39 is 12.0 Å². The molecule has 196 valence electrons. The Kier molecular flexibility index (Phi) is 12.0. The fraction of sp³-hybridized carbons (Fsp3) is 0.333. The summed E-state index contributed by atoms with van der Waals surface area (Å²) in [6, 6.07) is 14.1. The summed E-state index contributed by atoms with van der Waals surface area (Å²) in [4.78, 5) is 48.1. The maximum Gasteiger partial charge on any atom is 0.325 e. The molecule has 1 aliphatic heterocycles. The summed E-state index contributed by atoms with van der Waals surface area (Å²) in [5, 5.41) is 13.4. The van der Waals surface area contributed by atoms with Crippen molar-refractivity contribution in [1.29, 1.82) is 0 Å². The number of carboxylic acids is 1. The smallest absolute Gasteiger partial charge is 0.325 e. The molecule has 3 amide bonds. The van der Waals surface area contributed by atoms with Crippen LogP contribution >= 0.6 is 0 Å². The third kappa shape index (κ3) is 8.03. The Morgan fingerprint density at radius 1 is 1.00 bits per heavy atom. The van der Waals surface area contributed by atoms with E-state index in [-0.39, 0.29) is 31.2 Å². The summed E-state index contributed by atoms with van der Waals surface area (Å²) in [6.45, 7) is 4.19. The van der Waals surface area contributed by atoms with Crippen LogP contribution in [0.25, 0.3) is 0 Å². The Labute approximate surface area is 205 Å². The molecule has 8 nitrogen and oxygen atoms in total. The van der Waals surface area contributed by atoms with Gasteiger partial charge < -0.3 is 25.4 Å². The van der Waals surface area contributed by atoms with Crippen LogP contribution in [0.1, 0.15) is 56.2 Å². The Balaban J connectivity index is 0.00000211. The minimum Gasteiger partial charge on any atom is -0.520 e. The van der Waals surface area contributed by atoms with Crippen LogP contribution in [0, 0.1) is 11.8 Å². The van der Waals surface area contributed by atoms with E-state index in [2.05, 4.69) is 17.2 Å². The molecule has 0 radical (unpaired) electrons. The second-order valence-corrected chi connectivity index (χ2v) is 7.55. The van der Waals surface area contributed by atoms with Crippen LogP contribution in [0.5, 0.6) is 0 Å². The molecule has 0 aromatic heterocycles. The Bertz CT molecular complexity index is 1110. The van der Waals surface area contributed by atoms with Gasteiger partial charge in [0.25, 0.3) is 0 Å². The van der Waals surface area contributed by atoms with Crippen LogP contribution in [-0.2, 0) is 25.7 Å². The number of carbonyl (C=O) groups is 3. The van der Waals surface area contributed by atoms with Crippen molar-refractivity contribution in [3.8, 4) is 11.8 Å². The molecule has 0 spiro atoms. The number of rotatable bonds is 10. The second-order valence-electron chi connectivity index (χ2n) is 7.55. The number of hydrogen-bond acceptors (Lipinski definition) is 4. The summed E-state index contributed by atoms with van der Waals surface area (Å²) in [5.74, 6) is 4.68. The molecule has 2 aromatic rings. The van der Waals surface area contributed by atoms with Crippen LogP contribution in [0.4, 0.5) is 5.69 Å². The van der Waals surface area contributed by atoms with Gasteiger partial charge in [0.15, 0.2) is 0 Å². The van der Waals surface area contributed by atoms with E-state index in [1.54, 1.807) is 4.90 Å². The van der Waals surface area contributed by atoms with Crippen molar-refractivity contribution in [3.05, 3.63) is 65.2 Å². The number of amides is 3. The van der Waals surface area contributed by atoms with Crippen molar-refractivity contribution in [2.75, 3.05) is 11.4 Å².